The van der Waals surface area contributed by atoms with E-state index in [9.17, 15) is 18.0 Å². The van der Waals surface area contributed by atoms with E-state index in [1.165, 1.54) is 135 Å². The van der Waals surface area contributed by atoms with E-state index in [1.54, 1.807) is 0 Å². The van der Waals surface area contributed by atoms with Crippen LogP contribution in [0, 0.1) is 0 Å². The van der Waals surface area contributed by atoms with Gasteiger partial charge in [-0.25, -0.2) is 8.42 Å². The fourth-order valence-corrected chi connectivity index (χ4v) is 7.86. The maximum atomic E-state index is 13.1. The zero-order chi connectivity index (χ0) is 33.0. The first-order valence-electron chi connectivity index (χ1n) is 19.3. The van der Waals surface area contributed by atoms with Crippen molar-refractivity contribution in [3.8, 4) is 0 Å². The van der Waals surface area contributed by atoms with E-state index in [0.29, 0.717) is 12.1 Å². The van der Waals surface area contributed by atoms with Gasteiger partial charge in [0.1, 0.15) is 5.25 Å². The summed E-state index contributed by atoms with van der Waals surface area (Å²) in [4.78, 5) is 27.1. The van der Waals surface area contributed by atoms with Gasteiger partial charge in [0, 0.05) is 5.70 Å². The van der Waals surface area contributed by atoms with Gasteiger partial charge in [-0.05, 0) is 25.7 Å². The van der Waals surface area contributed by atoms with Crippen molar-refractivity contribution in [3.05, 3.63) is 11.8 Å². The molecular formula is C38H71NO5S. The first-order chi connectivity index (χ1) is 21.9. The quantitative estimate of drug-likeness (QED) is 0.0576. The fourth-order valence-electron chi connectivity index (χ4n) is 6.52. The van der Waals surface area contributed by atoms with Crippen LogP contribution in [0.1, 0.15) is 200 Å². The number of amides is 2. The second-order valence-electron chi connectivity index (χ2n) is 13.6. The molecule has 1 unspecified atom stereocenters. The lowest BCUT2D eigenvalue weighted by Crippen LogP contribution is -2.36. The second kappa shape index (κ2) is 27.9. The number of rotatable bonds is 32. The summed E-state index contributed by atoms with van der Waals surface area (Å²) in [6.45, 7) is 3.95. The molecule has 264 valence electrons. The molecule has 0 radical (unpaired) electrons. The number of sulfone groups is 1. The molecule has 1 aliphatic heterocycles. The zero-order valence-electron chi connectivity index (χ0n) is 29.5. The summed E-state index contributed by atoms with van der Waals surface area (Å²) in [6.07, 6.45) is 36.5. The monoisotopic (exact) mass is 654 g/mol. The van der Waals surface area contributed by atoms with Crippen LogP contribution in [-0.4, -0.2) is 47.8 Å². The zero-order valence-corrected chi connectivity index (χ0v) is 30.3. The summed E-state index contributed by atoms with van der Waals surface area (Å²) in [5, 5.41) is 7.79. The van der Waals surface area contributed by atoms with Gasteiger partial charge in [0.25, 0.3) is 5.91 Å². The van der Waals surface area contributed by atoms with Gasteiger partial charge in [-0.1, -0.05) is 174 Å². The predicted octanol–water partition coefficient (Wildman–Crippen LogP) is 10.4. The average molecular weight is 654 g/mol. The average Bonchev–Trinajstić information content (AvgIpc) is 3.32. The van der Waals surface area contributed by atoms with Crippen molar-refractivity contribution < 1.29 is 23.1 Å². The Morgan fingerprint density at radius 2 is 1.02 bits per heavy atom. The maximum Gasteiger partial charge on any atom is 0.252 e. The number of unbranched alkanes of at least 4 members (excludes halogenated alkanes) is 25. The highest BCUT2D eigenvalue weighted by atomic mass is 32.2. The minimum absolute atomic E-state index is 0.310. The van der Waals surface area contributed by atoms with Crippen molar-refractivity contribution in [2.24, 2.45) is 0 Å². The molecule has 1 atom stereocenters. The molecule has 1 rings (SSSR count). The molecule has 0 aromatic rings. The van der Waals surface area contributed by atoms with Crippen LogP contribution in [0.15, 0.2) is 11.8 Å². The Morgan fingerprint density at radius 1 is 0.644 bits per heavy atom. The molecule has 0 saturated carbocycles. The number of aliphatic hydroxyl groups is 1. The summed E-state index contributed by atoms with van der Waals surface area (Å²) < 4.78 is 25.1. The minimum atomic E-state index is -3.84. The van der Waals surface area contributed by atoms with Crippen LogP contribution in [0.4, 0.5) is 0 Å². The highest BCUT2D eigenvalue weighted by molar-refractivity contribution is 7.92. The molecule has 0 bridgehead atoms. The van der Waals surface area contributed by atoms with Gasteiger partial charge in [-0.2, -0.15) is 0 Å². The SMILES string of the molecule is CCCCCCCCCCCCCCCCCCCCC=C(CCCCCCCCCC)N1C(=O)CC(S(=O)(=O)CCO)C1=O. The van der Waals surface area contributed by atoms with E-state index in [2.05, 4.69) is 13.8 Å². The number of carbonyl (C=O) groups is 2. The number of allylic oxidation sites excluding steroid dienone is 2. The summed E-state index contributed by atoms with van der Waals surface area (Å²) >= 11 is 0. The fraction of sp³-hybridized carbons (Fsp3) is 0.895. The van der Waals surface area contributed by atoms with Crippen LogP contribution >= 0.6 is 0 Å². The maximum absolute atomic E-state index is 13.1. The molecule has 0 aliphatic carbocycles. The van der Waals surface area contributed by atoms with Crippen molar-refractivity contribution in [3.63, 3.8) is 0 Å². The van der Waals surface area contributed by atoms with E-state index in [0.717, 1.165) is 43.4 Å². The molecule has 0 aromatic carbocycles. The lowest BCUT2D eigenvalue weighted by Gasteiger charge is -2.19. The molecule has 1 saturated heterocycles. The minimum Gasteiger partial charge on any atom is -0.395 e. The number of carbonyl (C=O) groups excluding carboxylic acids is 2. The van der Waals surface area contributed by atoms with E-state index in [1.807, 2.05) is 6.08 Å². The Morgan fingerprint density at radius 3 is 1.42 bits per heavy atom. The van der Waals surface area contributed by atoms with Crippen LogP contribution in [0.5, 0.6) is 0 Å². The molecule has 1 fully saturated rings. The molecule has 0 aromatic heterocycles. The number of imide groups is 1. The second-order valence-corrected chi connectivity index (χ2v) is 15.9. The van der Waals surface area contributed by atoms with Crippen molar-refractivity contribution >= 4 is 21.7 Å². The van der Waals surface area contributed by atoms with E-state index in [4.69, 9.17) is 5.11 Å². The smallest absolute Gasteiger partial charge is 0.252 e. The number of hydrogen-bond donors (Lipinski definition) is 1. The number of aliphatic hydroxyl groups excluding tert-OH is 1. The predicted molar refractivity (Wildman–Crippen MR) is 190 cm³/mol. The van der Waals surface area contributed by atoms with Gasteiger partial charge in [0.05, 0.1) is 18.8 Å². The first-order valence-corrected chi connectivity index (χ1v) is 21.0. The molecule has 45 heavy (non-hydrogen) atoms. The van der Waals surface area contributed by atoms with Crippen LogP contribution in [0.25, 0.3) is 0 Å². The Hall–Kier alpha value is -1.21. The first kappa shape index (κ1) is 41.8. The summed E-state index contributed by atoms with van der Waals surface area (Å²) in [5.74, 6) is -1.53. The lowest BCUT2D eigenvalue weighted by molar-refractivity contribution is -0.136. The van der Waals surface area contributed by atoms with Crippen molar-refractivity contribution in [2.75, 3.05) is 12.4 Å². The molecule has 1 heterocycles. The Balaban J connectivity index is 2.32. The molecular weight excluding hydrogens is 582 g/mol. The largest absolute Gasteiger partial charge is 0.395 e. The van der Waals surface area contributed by atoms with Crippen molar-refractivity contribution in [1.29, 1.82) is 0 Å². The Bertz CT molecular complexity index is 885. The van der Waals surface area contributed by atoms with Gasteiger partial charge in [0.15, 0.2) is 9.84 Å². The summed E-state index contributed by atoms with van der Waals surface area (Å²) in [7, 11) is -3.84. The third-order valence-electron chi connectivity index (χ3n) is 9.43. The van der Waals surface area contributed by atoms with Gasteiger partial charge in [-0.15, -0.1) is 0 Å². The molecule has 1 aliphatic rings. The van der Waals surface area contributed by atoms with E-state index >= 15 is 0 Å². The summed E-state index contributed by atoms with van der Waals surface area (Å²) in [5.41, 5.74) is 0.685. The Labute approximate surface area is 278 Å². The van der Waals surface area contributed by atoms with Crippen LogP contribution in [-0.2, 0) is 19.4 Å². The van der Waals surface area contributed by atoms with E-state index < -0.39 is 39.3 Å². The summed E-state index contributed by atoms with van der Waals surface area (Å²) in [6, 6.07) is 0. The van der Waals surface area contributed by atoms with Gasteiger partial charge >= 0.3 is 0 Å². The number of nitrogens with zero attached hydrogens (tertiary/aromatic N) is 1. The lowest BCUT2D eigenvalue weighted by atomic mass is 10.0. The molecule has 0 spiro atoms. The number of likely N-dealkylation sites (tertiary alicyclic amines) is 1. The van der Waals surface area contributed by atoms with Gasteiger partial charge in [0.2, 0.25) is 5.91 Å². The number of hydrogen-bond acceptors (Lipinski definition) is 5. The highest BCUT2D eigenvalue weighted by Crippen LogP contribution is 2.28. The van der Waals surface area contributed by atoms with E-state index in [-0.39, 0.29) is 6.42 Å². The Kier molecular flexibility index (Phi) is 25.9. The molecule has 6 nitrogen and oxygen atoms in total. The van der Waals surface area contributed by atoms with Crippen molar-refractivity contribution in [2.45, 2.75) is 205 Å². The third-order valence-corrected chi connectivity index (χ3v) is 11.4. The highest BCUT2D eigenvalue weighted by Gasteiger charge is 2.46. The van der Waals surface area contributed by atoms with Gasteiger partial charge < -0.3 is 5.11 Å². The van der Waals surface area contributed by atoms with Crippen LogP contribution in [0.3, 0.4) is 0 Å². The normalized spacial score (nSPS) is 15.9. The molecule has 7 heteroatoms. The third kappa shape index (κ3) is 19.9. The van der Waals surface area contributed by atoms with Crippen LogP contribution < -0.4 is 0 Å². The standard InChI is InChI=1S/C38H71NO5S/c1-3-5-7-9-11-13-14-15-16-17-18-19-20-21-22-23-25-27-29-31-35(30-28-26-24-12-10-8-6-4-2)39-37(41)34-36(38(39)42)45(43,44)33-32-40/h31,36,40H,3-30,32-34H2,1-2H3. The van der Waals surface area contributed by atoms with Crippen molar-refractivity contribution in [1.82, 2.24) is 4.90 Å². The van der Waals surface area contributed by atoms with Gasteiger partial charge in [-0.3, -0.25) is 14.5 Å². The topological polar surface area (TPSA) is 91.8 Å². The molecule has 1 N–H and O–H groups in total. The van der Waals surface area contributed by atoms with Crippen LogP contribution in [0.2, 0.25) is 0 Å². The molecule has 2 amide bonds.